The lowest BCUT2D eigenvalue weighted by atomic mass is 10.0. The maximum Gasteiger partial charge on any atom is 0.0966 e. The minimum atomic E-state index is 0.818. The van der Waals surface area contributed by atoms with Crippen molar-refractivity contribution in [2.45, 2.75) is 4.90 Å². The van der Waals surface area contributed by atoms with Crippen molar-refractivity contribution < 1.29 is 0 Å². The highest BCUT2D eigenvalue weighted by molar-refractivity contribution is 7.98. The van der Waals surface area contributed by atoms with Crippen molar-refractivity contribution >= 4 is 60.6 Å². The van der Waals surface area contributed by atoms with Gasteiger partial charge in [0.15, 0.2) is 0 Å². The topological polar surface area (TPSA) is 76.7 Å². The van der Waals surface area contributed by atoms with E-state index in [4.69, 9.17) is 5.73 Å². The molecule has 0 aliphatic carbocycles. The third kappa shape index (κ3) is 3.39. The van der Waals surface area contributed by atoms with Crippen molar-refractivity contribution in [3.8, 4) is 11.1 Å². The van der Waals surface area contributed by atoms with Crippen molar-refractivity contribution in [2.75, 3.05) is 17.3 Å². The van der Waals surface area contributed by atoms with Crippen LogP contribution in [0.3, 0.4) is 0 Å². The fourth-order valence-electron chi connectivity index (χ4n) is 3.41. The first kappa shape index (κ1) is 17.9. The van der Waals surface area contributed by atoms with E-state index in [9.17, 15) is 0 Å². The molecule has 29 heavy (non-hydrogen) atoms. The number of pyridine rings is 1. The molecule has 142 valence electrons. The standard InChI is InChI=1S/C22H17N5S2/c1-28-20-4-5-24-12-18(20)27-15-10-16(22-17(11-15)25-6-7-26-22)13-2-3-19-14(8-13)9-21(23)29-19/h2-12,27H,23H2,1H3. The molecule has 0 aliphatic rings. The van der Waals surface area contributed by atoms with Crippen LogP contribution in [-0.2, 0) is 0 Å². The number of benzene rings is 2. The van der Waals surface area contributed by atoms with Gasteiger partial charge in [0.1, 0.15) is 0 Å². The van der Waals surface area contributed by atoms with E-state index >= 15 is 0 Å². The number of nitrogen functional groups attached to an aromatic ring is 1. The van der Waals surface area contributed by atoms with E-state index in [1.54, 1.807) is 41.7 Å². The minimum Gasteiger partial charge on any atom is -0.391 e. The van der Waals surface area contributed by atoms with Gasteiger partial charge in [0.25, 0.3) is 0 Å². The van der Waals surface area contributed by atoms with Gasteiger partial charge in [-0.15, -0.1) is 23.1 Å². The molecule has 2 aromatic carbocycles. The largest absolute Gasteiger partial charge is 0.391 e. The van der Waals surface area contributed by atoms with Crippen LogP contribution in [0.2, 0.25) is 0 Å². The molecule has 0 bridgehead atoms. The predicted octanol–water partition coefficient (Wildman–Crippen LogP) is 5.95. The Morgan fingerprint density at radius 3 is 2.79 bits per heavy atom. The Morgan fingerprint density at radius 2 is 1.90 bits per heavy atom. The van der Waals surface area contributed by atoms with Crippen LogP contribution >= 0.6 is 23.1 Å². The average Bonchev–Trinajstić information content (AvgIpc) is 3.12. The van der Waals surface area contributed by atoms with Crippen LogP contribution in [0, 0.1) is 0 Å². The Kier molecular flexibility index (Phi) is 4.54. The molecular weight excluding hydrogens is 398 g/mol. The van der Waals surface area contributed by atoms with Crippen LogP contribution in [0.1, 0.15) is 0 Å². The molecule has 0 fully saturated rings. The van der Waals surface area contributed by atoms with Crippen LogP contribution in [-0.4, -0.2) is 21.2 Å². The molecule has 0 unspecified atom stereocenters. The van der Waals surface area contributed by atoms with Crippen molar-refractivity contribution in [3.05, 3.63) is 67.3 Å². The number of nitrogens with two attached hydrogens (primary N) is 1. The summed E-state index contributed by atoms with van der Waals surface area (Å²) < 4.78 is 1.18. The van der Waals surface area contributed by atoms with Crippen molar-refractivity contribution in [1.29, 1.82) is 0 Å². The molecule has 3 heterocycles. The van der Waals surface area contributed by atoms with Gasteiger partial charge in [-0.05, 0) is 53.6 Å². The van der Waals surface area contributed by atoms with Gasteiger partial charge in [-0.2, -0.15) is 0 Å². The quantitative estimate of drug-likeness (QED) is 0.353. The lowest BCUT2D eigenvalue weighted by molar-refractivity contribution is 1.25. The van der Waals surface area contributed by atoms with E-state index in [0.29, 0.717) is 0 Å². The number of hydrogen-bond acceptors (Lipinski definition) is 7. The van der Waals surface area contributed by atoms with Gasteiger partial charge in [0, 0.05) is 39.4 Å². The summed E-state index contributed by atoms with van der Waals surface area (Å²) in [5, 5.41) is 5.45. The van der Waals surface area contributed by atoms with E-state index in [1.807, 2.05) is 24.4 Å². The highest BCUT2D eigenvalue weighted by atomic mass is 32.2. The molecule has 0 amide bonds. The van der Waals surface area contributed by atoms with Gasteiger partial charge < -0.3 is 11.1 Å². The van der Waals surface area contributed by atoms with E-state index in [-0.39, 0.29) is 0 Å². The number of nitrogens with one attached hydrogen (secondary N) is 1. The van der Waals surface area contributed by atoms with E-state index < -0.39 is 0 Å². The zero-order valence-electron chi connectivity index (χ0n) is 15.6. The highest BCUT2D eigenvalue weighted by Gasteiger charge is 2.11. The van der Waals surface area contributed by atoms with Gasteiger partial charge >= 0.3 is 0 Å². The molecule has 5 aromatic rings. The molecule has 5 rings (SSSR count). The first-order chi connectivity index (χ1) is 14.2. The smallest absolute Gasteiger partial charge is 0.0966 e. The number of nitrogens with zero attached hydrogens (tertiary/aromatic N) is 3. The van der Waals surface area contributed by atoms with Gasteiger partial charge in [-0.25, -0.2) is 0 Å². The first-order valence-corrected chi connectivity index (χ1v) is 11.0. The molecule has 0 radical (unpaired) electrons. The van der Waals surface area contributed by atoms with Crippen molar-refractivity contribution in [3.63, 3.8) is 0 Å². The fourth-order valence-corrected chi connectivity index (χ4v) is 4.74. The summed E-state index contributed by atoms with van der Waals surface area (Å²) in [5.41, 5.74) is 11.7. The SMILES string of the molecule is CSc1ccncc1Nc1cc(-c2ccc3sc(N)cc3c2)c2nccnc2c1. The van der Waals surface area contributed by atoms with Gasteiger partial charge in [0.05, 0.1) is 27.9 Å². The van der Waals surface area contributed by atoms with Crippen LogP contribution in [0.4, 0.5) is 16.4 Å². The molecule has 3 aromatic heterocycles. The zero-order chi connectivity index (χ0) is 19.8. The minimum absolute atomic E-state index is 0.818. The summed E-state index contributed by atoms with van der Waals surface area (Å²) in [5.74, 6) is 0. The number of fused-ring (bicyclic) bond motifs is 2. The van der Waals surface area contributed by atoms with E-state index in [1.165, 1.54) is 4.70 Å². The second-order valence-electron chi connectivity index (χ2n) is 6.55. The third-order valence-corrected chi connectivity index (χ3v) is 6.44. The molecule has 7 heteroatoms. The number of thioether (sulfide) groups is 1. The van der Waals surface area contributed by atoms with Gasteiger partial charge in [0.2, 0.25) is 0 Å². The summed E-state index contributed by atoms with van der Waals surface area (Å²) >= 11 is 3.28. The van der Waals surface area contributed by atoms with Gasteiger partial charge in [-0.3, -0.25) is 15.0 Å². The molecule has 0 aliphatic heterocycles. The van der Waals surface area contributed by atoms with Crippen molar-refractivity contribution in [1.82, 2.24) is 15.0 Å². The Bertz CT molecular complexity index is 1350. The molecule has 5 nitrogen and oxygen atoms in total. The Hall–Kier alpha value is -3.16. The number of thiophene rings is 1. The molecular formula is C22H17N5S2. The molecule has 0 atom stereocenters. The maximum absolute atomic E-state index is 5.99. The lowest BCUT2D eigenvalue weighted by Gasteiger charge is -2.13. The second-order valence-corrected chi connectivity index (χ2v) is 8.51. The van der Waals surface area contributed by atoms with Crippen molar-refractivity contribution in [2.24, 2.45) is 0 Å². The van der Waals surface area contributed by atoms with Crippen LogP contribution in [0.15, 0.2) is 72.1 Å². The zero-order valence-corrected chi connectivity index (χ0v) is 17.2. The molecule has 0 saturated carbocycles. The maximum atomic E-state index is 5.99. The number of rotatable bonds is 4. The fraction of sp³-hybridized carbons (Fsp3) is 0.0455. The second kappa shape index (κ2) is 7.35. The summed E-state index contributed by atoms with van der Waals surface area (Å²) in [4.78, 5) is 14.5. The Balaban J connectivity index is 1.67. The van der Waals surface area contributed by atoms with E-state index in [0.717, 1.165) is 48.8 Å². The first-order valence-electron chi connectivity index (χ1n) is 9.00. The average molecular weight is 416 g/mol. The number of hydrogen-bond donors (Lipinski definition) is 2. The number of aromatic nitrogens is 3. The van der Waals surface area contributed by atoms with Gasteiger partial charge in [-0.1, -0.05) is 6.07 Å². The molecule has 0 saturated heterocycles. The molecule has 3 N–H and O–H groups in total. The van der Waals surface area contributed by atoms with Crippen LogP contribution in [0.25, 0.3) is 32.2 Å². The van der Waals surface area contributed by atoms with E-state index in [2.05, 4.69) is 50.8 Å². The summed E-state index contributed by atoms with van der Waals surface area (Å²) in [6.45, 7) is 0. The number of anilines is 3. The predicted molar refractivity (Wildman–Crippen MR) is 124 cm³/mol. The summed E-state index contributed by atoms with van der Waals surface area (Å²) in [6.07, 6.45) is 9.14. The highest BCUT2D eigenvalue weighted by Crippen LogP contribution is 2.36. The Morgan fingerprint density at radius 1 is 1.00 bits per heavy atom. The Labute approximate surface area is 176 Å². The van der Waals surface area contributed by atoms with Crippen LogP contribution in [0.5, 0.6) is 0 Å². The lowest BCUT2D eigenvalue weighted by Crippen LogP contribution is -1.96. The summed E-state index contributed by atoms with van der Waals surface area (Å²) in [7, 11) is 0. The third-order valence-electron chi connectivity index (χ3n) is 4.70. The molecule has 0 spiro atoms. The normalized spacial score (nSPS) is 11.2. The monoisotopic (exact) mass is 415 g/mol. The summed E-state index contributed by atoms with van der Waals surface area (Å²) in [6, 6.07) is 14.5. The van der Waals surface area contributed by atoms with Crippen LogP contribution < -0.4 is 11.1 Å².